The monoisotopic (exact) mass is 521 g/mol. The summed E-state index contributed by atoms with van der Waals surface area (Å²) in [7, 11) is 3.13. The molecule has 37 heavy (non-hydrogen) atoms. The molecule has 4 rings (SSSR count). The lowest BCUT2D eigenvalue weighted by Gasteiger charge is -2.60. The normalized spacial score (nSPS) is 42.2. The molecule has 3 fully saturated rings. The Hall–Kier alpha value is -1.32. The average Bonchev–Trinajstić information content (AvgIpc) is 3.12. The Balaban J connectivity index is 1.68. The molecule has 2 unspecified atom stereocenters. The molecular formula is C29H47NO7. The van der Waals surface area contributed by atoms with E-state index < -0.39 is 34.9 Å². The SMILES string of the molecule is COC(CN(C(=O)C(C)C)C(C)[C@H]1CC[C@@]2(O)C3=CC(=O)[C@@H]4C[C@@H](O)[C@@H](O)C[C@]4(C)C3CC[C@]12C)OC. The minimum Gasteiger partial charge on any atom is -0.390 e. The third kappa shape index (κ3) is 4.31. The summed E-state index contributed by atoms with van der Waals surface area (Å²) >= 11 is 0. The van der Waals surface area contributed by atoms with Gasteiger partial charge in [-0.15, -0.1) is 0 Å². The first-order valence-corrected chi connectivity index (χ1v) is 14.0. The maximum Gasteiger partial charge on any atom is 0.225 e. The molecule has 0 radical (unpaired) electrons. The Morgan fingerprint density at radius 1 is 1.08 bits per heavy atom. The number of ether oxygens (including phenoxy) is 2. The molecule has 0 bridgehead atoms. The van der Waals surface area contributed by atoms with Crippen LogP contribution in [0.4, 0.5) is 0 Å². The Kier molecular flexibility index (Phi) is 7.76. The molecule has 210 valence electrons. The van der Waals surface area contributed by atoms with Gasteiger partial charge in [0.25, 0.3) is 0 Å². The minimum atomic E-state index is -1.16. The number of methoxy groups -OCH3 is 2. The molecule has 3 saturated carbocycles. The number of carbonyl (C=O) groups excluding carboxylic acids is 2. The quantitative estimate of drug-likeness (QED) is 0.441. The second kappa shape index (κ2) is 10.0. The summed E-state index contributed by atoms with van der Waals surface area (Å²) in [5.74, 6) is -0.558. The molecule has 0 heterocycles. The summed E-state index contributed by atoms with van der Waals surface area (Å²) in [6.45, 7) is 10.3. The van der Waals surface area contributed by atoms with Gasteiger partial charge < -0.3 is 29.7 Å². The fourth-order valence-corrected chi connectivity index (χ4v) is 8.60. The molecule has 0 aromatic heterocycles. The maximum atomic E-state index is 13.4. The van der Waals surface area contributed by atoms with Crippen molar-refractivity contribution in [2.45, 2.75) is 103 Å². The number of allylic oxidation sites excluding steroid dienone is 1. The van der Waals surface area contributed by atoms with Gasteiger partial charge in [0.1, 0.15) is 0 Å². The molecule has 8 heteroatoms. The predicted octanol–water partition coefficient (Wildman–Crippen LogP) is 2.68. The van der Waals surface area contributed by atoms with Crippen molar-refractivity contribution in [1.29, 1.82) is 0 Å². The summed E-state index contributed by atoms with van der Waals surface area (Å²) in [4.78, 5) is 28.6. The Morgan fingerprint density at radius 2 is 1.73 bits per heavy atom. The number of fused-ring (bicyclic) bond motifs is 5. The average molecular weight is 522 g/mol. The van der Waals surface area contributed by atoms with E-state index >= 15 is 0 Å². The van der Waals surface area contributed by atoms with Crippen LogP contribution in [0.1, 0.15) is 73.1 Å². The highest BCUT2D eigenvalue weighted by Crippen LogP contribution is 2.67. The predicted molar refractivity (Wildman–Crippen MR) is 138 cm³/mol. The van der Waals surface area contributed by atoms with Crippen LogP contribution in [0.15, 0.2) is 11.6 Å². The fraction of sp³-hybridized carbons (Fsp3) is 0.862. The van der Waals surface area contributed by atoms with Crippen LogP contribution < -0.4 is 0 Å². The van der Waals surface area contributed by atoms with Crippen molar-refractivity contribution in [3.05, 3.63) is 11.6 Å². The van der Waals surface area contributed by atoms with E-state index in [0.29, 0.717) is 19.4 Å². The third-order valence-corrected chi connectivity index (χ3v) is 10.9. The van der Waals surface area contributed by atoms with E-state index in [-0.39, 0.29) is 47.8 Å². The molecule has 8 nitrogen and oxygen atoms in total. The number of aliphatic hydroxyl groups is 3. The van der Waals surface area contributed by atoms with E-state index in [1.54, 1.807) is 20.3 Å². The van der Waals surface area contributed by atoms with Crippen LogP contribution >= 0.6 is 0 Å². The van der Waals surface area contributed by atoms with Crippen molar-refractivity contribution in [1.82, 2.24) is 4.90 Å². The van der Waals surface area contributed by atoms with Crippen molar-refractivity contribution in [3.8, 4) is 0 Å². The van der Waals surface area contributed by atoms with Crippen LogP contribution in [0.2, 0.25) is 0 Å². The molecule has 0 spiro atoms. The molecule has 0 aliphatic heterocycles. The largest absolute Gasteiger partial charge is 0.390 e. The van der Waals surface area contributed by atoms with Crippen LogP contribution in [0.5, 0.6) is 0 Å². The van der Waals surface area contributed by atoms with Gasteiger partial charge in [-0.1, -0.05) is 27.7 Å². The molecule has 0 aromatic rings. The molecule has 3 N–H and O–H groups in total. The van der Waals surface area contributed by atoms with E-state index in [1.807, 2.05) is 18.7 Å². The number of carbonyl (C=O) groups is 2. The minimum absolute atomic E-state index is 0.0238. The molecule has 9 atom stereocenters. The Labute approximate surface area is 221 Å². The molecule has 1 amide bonds. The fourth-order valence-electron chi connectivity index (χ4n) is 8.60. The number of aliphatic hydroxyl groups excluding tert-OH is 2. The smallest absolute Gasteiger partial charge is 0.225 e. The van der Waals surface area contributed by atoms with E-state index in [0.717, 1.165) is 24.8 Å². The van der Waals surface area contributed by atoms with Crippen molar-refractivity contribution >= 4 is 11.7 Å². The van der Waals surface area contributed by atoms with E-state index in [9.17, 15) is 24.9 Å². The van der Waals surface area contributed by atoms with Gasteiger partial charge in [0.15, 0.2) is 12.1 Å². The van der Waals surface area contributed by atoms with Gasteiger partial charge in [0.05, 0.1) is 24.4 Å². The molecule has 4 aliphatic rings. The van der Waals surface area contributed by atoms with Gasteiger partial charge in [0.2, 0.25) is 5.91 Å². The van der Waals surface area contributed by atoms with Gasteiger partial charge in [-0.3, -0.25) is 9.59 Å². The summed E-state index contributed by atoms with van der Waals surface area (Å²) in [6.07, 6.45) is 2.82. The van der Waals surface area contributed by atoms with Gasteiger partial charge >= 0.3 is 0 Å². The highest BCUT2D eigenvalue weighted by molar-refractivity contribution is 5.95. The number of amides is 1. The lowest BCUT2D eigenvalue weighted by atomic mass is 9.46. The van der Waals surface area contributed by atoms with Gasteiger partial charge in [-0.2, -0.15) is 0 Å². The summed E-state index contributed by atoms with van der Waals surface area (Å²) < 4.78 is 10.9. The van der Waals surface area contributed by atoms with Crippen molar-refractivity contribution in [2.75, 3.05) is 20.8 Å². The van der Waals surface area contributed by atoms with Crippen LogP contribution in [0, 0.1) is 34.5 Å². The first-order valence-electron chi connectivity index (χ1n) is 14.0. The number of ketones is 1. The lowest BCUT2D eigenvalue weighted by Crippen LogP contribution is -2.62. The topological polar surface area (TPSA) is 117 Å². The number of rotatable bonds is 7. The summed E-state index contributed by atoms with van der Waals surface area (Å²) in [5, 5.41) is 33.3. The summed E-state index contributed by atoms with van der Waals surface area (Å²) in [5.41, 5.74) is -1.37. The standard InChI is InChI=1S/C29H47NO7/c1-16(2)26(34)30(15-25(36-6)37-7)17(3)18-9-11-29(35)20-12-22(31)21-13-23(32)24(33)14-27(21,4)19(20)8-10-28(18,29)5/h12,16-19,21,23-25,32-33,35H,8-11,13-15H2,1-7H3/t17?,18-,19?,21+,23-,24+,27-,28-,29-/m1/s1. The zero-order valence-corrected chi connectivity index (χ0v) is 23.6. The summed E-state index contributed by atoms with van der Waals surface area (Å²) in [6, 6.07) is -0.159. The van der Waals surface area contributed by atoms with E-state index in [1.165, 1.54) is 0 Å². The van der Waals surface area contributed by atoms with Crippen LogP contribution in [-0.2, 0) is 19.1 Å². The molecule has 0 aromatic carbocycles. The van der Waals surface area contributed by atoms with Gasteiger partial charge in [-0.05, 0) is 74.3 Å². The van der Waals surface area contributed by atoms with Crippen LogP contribution in [-0.4, -0.2) is 82.8 Å². The Bertz CT molecular complexity index is 931. The van der Waals surface area contributed by atoms with Gasteiger partial charge in [-0.25, -0.2) is 0 Å². The molecular weight excluding hydrogens is 474 g/mol. The maximum absolute atomic E-state index is 13.4. The highest BCUT2D eigenvalue weighted by atomic mass is 16.7. The molecule has 0 saturated heterocycles. The van der Waals surface area contributed by atoms with Crippen molar-refractivity contribution in [2.24, 2.45) is 34.5 Å². The Morgan fingerprint density at radius 3 is 2.32 bits per heavy atom. The van der Waals surface area contributed by atoms with E-state index in [4.69, 9.17) is 9.47 Å². The first kappa shape index (κ1) is 28.7. The number of hydrogen-bond acceptors (Lipinski definition) is 7. The zero-order chi connectivity index (χ0) is 27.5. The first-order chi connectivity index (χ1) is 17.2. The zero-order valence-electron chi connectivity index (χ0n) is 23.6. The highest BCUT2D eigenvalue weighted by Gasteiger charge is 2.67. The van der Waals surface area contributed by atoms with E-state index in [2.05, 4.69) is 20.8 Å². The van der Waals surface area contributed by atoms with Crippen LogP contribution in [0.3, 0.4) is 0 Å². The third-order valence-electron chi connectivity index (χ3n) is 10.9. The van der Waals surface area contributed by atoms with Crippen molar-refractivity contribution < 1.29 is 34.4 Å². The van der Waals surface area contributed by atoms with Gasteiger partial charge in [0, 0.05) is 37.5 Å². The lowest BCUT2D eigenvalue weighted by molar-refractivity contribution is -0.162. The number of hydrogen-bond donors (Lipinski definition) is 3. The number of nitrogens with zero attached hydrogens (tertiary/aromatic N) is 1. The second-order valence-electron chi connectivity index (χ2n) is 12.9. The van der Waals surface area contributed by atoms with Crippen molar-refractivity contribution in [3.63, 3.8) is 0 Å². The second-order valence-corrected chi connectivity index (χ2v) is 12.9. The molecule has 4 aliphatic carbocycles. The van der Waals surface area contributed by atoms with Crippen LogP contribution in [0.25, 0.3) is 0 Å².